The van der Waals surface area contributed by atoms with Crippen LogP contribution >= 0.6 is 0 Å². The SMILES string of the molecule is CCNCc1cccc(NC(=O)C2CC(=O)N(c3ccccc3OCC)C2)c1. The topological polar surface area (TPSA) is 70.7 Å². The molecule has 1 heterocycles. The minimum atomic E-state index is -0.389. The van der Waals surface area contributed by atoms with Crippen molar-refractivity contribution in [3.63, 3.8) is 0 Å². The Morgan fingerprint density at radius 1 is 1.18 bits per heavy atom. The lowest BCUT2D eigenvalue weighted by molar-refractivity contribution is -0.122. The Balaban J connectivity index is 1.67. The van der Waals surface area contributed by atoms with Crippen LogP contribution in [-0.4, -0.2) is 31.5 Å². The first-order valence-corrected chi connectivity index (χ1v) is 9.75. The molecule has 1 unspecified atom stereocenters. The number of hydrogen-bond donors (Lipinski definition) is 2. The van der Waals surface area contributed by atoms with E-state index in [1.54, 1.807) is 4.90 Å². The van der Waals surface area contributed by atoms with Gasteiger partial charge in [0.2, 0.25) is 11.8 Å². The summed E-state index contributed by atoms with van der Waals surface area (Å²) in [5, 5.41) is 6.23. The number of hydrogen-bond acceptors (Lipinski definition) is 4. The van der Waals surface area contributed by atoms with Gasteiger partial charge in [0.05, 0.1) is 18.2 Å². The van der Waals surface area contributed by atoms with E-state index < -0.39 is 0 Å². The van der Waals surface area contributed by atoms with Gasteiger partial charge in [-0.2, -0.15) is 0 Å². The molecule has 148 valence electrons. The third-order valence-corrected chi connectivity index (χ3v) is 4.73. The smallest absolute Gasteiger partial charge is 0.229 e. The summed E-state index contributed by atoms with van der Waals surface area (Å²) in [5.41, 5.74) is 2.58. The first-order chi connectivity index (χ1) is 13.6. The first-order valence-electron chi connectivity index (χ1n) is 9.75. The van der Waals surface area contributed by atoms with Crippen molar-refractivity contribution < 1.29 is 14.3 Å². The zero-order valence-electron chi connectivity index (χ0n) is 16.4. The second-order valence-corrected chi connectivity index (χ2v) is 6.78. The summed E-state index contributed by atoms with van der Waals surface area (Å²) >= 11 is 0. The van der Waals surface area contributed by atoms with Crippen molar-refractivity contribution in [2.75, 3.05) is 29.9 Å². The quantitative estimate of drug-likeness (QED) is 0.737. The van der Waals surface area contributed by atoms with E-state index >= 15 is 0 Å². The van der Waals surface area contributed by atoms with Crippen LogP contribution in [0.1, 0.15) is 25.8 Å². The van der Waals surface area contributed by atoms with E-state index in [9.17, 15) is 9.59 Å². The molecular weight excluding hydrogens is 354 g/mol. The van der Waals surface area contributed by atoms with Crippen molar-refractivity contribution in [2.24, 2.45) is 5.92 Å². The molecule has 1 atom stereocenters. The lowest BCUT2D eigenvalue weighted by Gasteiger charge is -2.20. The predicted octanol–water partition coefficient (Wildman–Crippen LogP) is 3.19. The van der Waals surface area contributed by atoms with Crippen LogP contribution < -0.4 is 20.3 Å². The molecule has 3 rings (SSSR count). The summed E-state index contributed by atoms with van der Waals surface area (Å²) in [6.45, 7) is 6.48. The third kappa shape index (κ3) is 4.70. The van der Waals surface area contributed by atoms with E-state index in [2.05, 4.69) is 17.6 Å². The normalized spacial score (nSPS) is 16.3. The highest BCUT2D eigenvalue weighted by molar-refractivity contribution is 6.04. The lowest BCUT2D eigenvalue weighted by atomic mass is 10.1. The van der Waals surface area contributed by atoms with Crippen LogP contribution in [0.4, 0.5) is 11.4 Å². The lowest BCUT2D eigenvalue weighted by Crippen LogP contribution is -2.28. The minimum absolute atomic E-state index is 0.0619. The number of carbonyl (C=O) groups is 2. The largest absolute Gasteiger partial charge is 0.492 e. The number of nitrogens with one attached hydrogen (secondary N) is 2. The molecule has 2 aromatic rings. The zero-order valence-corrected chi connectivity index (χ0v) is 16.4. The van der Waals surface area contributed by atoms with Gasteiger partial charge in [-0.05, 0) is 43.3 Å². The Morgan fingerprint density at radius 2 is 2.00 bits per heavy atom. The summed E-state index contributed by atoms with van der Waals surface area (Å²) in [6, 6.07) is 15.2. The van der Waals surface area contributed by atoms with Crippen molar-refractivity contribution in [3.05, 3.63) is 54.1 Å². The van der Waals surface area contributed by atoms with Crippen molar-refractivity contribution in [1.82, 2.24) is 5.32 Å². The van der Waals surface area contributed by atoms with Crippen LogP contribution in [0, 0.1) is 5.92 Å². The van der Waals surface area contributed by atoms with Gasteiger partial charge in [-0.1, -0.05) is 31.2 Å². The monoisotopic (exact) mass is 381 g/mol. The molecule has 0 aliphatic carbocycles. The molecule has 2 aromatic carbocycles. The molecule has 0 bridgehead atoms. The van der Waals surface area contributed by atoms with Gasteiger partial charge in [-0.25, -0.2) is 0 Å². The average Bonchev–Trinajstić information content (AvgIpc) is 3.09. The molecule has 6 heteroatoms. The molecule has 6 nitrogen and oxygen atoms in total. The number of nitrogens with zero attached hydrogens (tertiary/aromatic N) is 1. The standard InChI is InChI=1S/C22H27N3O3/c1-3-23-14-16-8-7-9-18(12-16)24-22(27)17-13-21(26)25(15-17)19-10-5-6-11-20(19)28-4-2/h5-12,17,23H,3-4,13-15H2,1-2H3,(H,24,27). The van der Waals surface area contributed by atoms with Gasteiger partial charge >= 0.3 is 0 Å². The summed E-state index contributed by atoms with van der Waals surface area (Å²) in [4.78, 5) is 26.9. The molecule has 0 radical (unpaired) electrons. The minimum Gasteiger partial charge on any atom is -0.492 e. The van der Waals surface area contributed by atoms with E-state index in [1.807, 2.05) is 55.5 Å². The molecule has 1 fully saturated rings. The highest BCUT2D eigenvalue weighted by atomic mass is 16.5. The molecular formula is C22H27N3O3. The Kier molecular flexibility index (Phi) is 6.66. The zero-order chi connectivity index (χ0) is 19.9. The predicted molar refractivity (Wildman–Crippen MR) is 111 cm³/mol. The van der Waals surface area contributed by atoms with Gasteiger partial charge in [0.1, 0.15) is 5.75 Å². The van der Waals surface area contributed by atoms with Crippen LogP contribution in [0.3, 0.4) is 0 Å². The van der Waals surface area contributed by atoms with Crippen LogP contribution in [0.25, 0.3) is 0 Å². The van der Waals surface area contributed by atoms with Gasteiger partial charge in [0, 0.05) is 25.2 Å². The molecule has 0 spiro atoms. The molecule has 28 heavy (non-hydrogen) atoms. The van der Waals surface area contributed by atoms with Crippen LogP contribution in [-0.2, 0) is 16.1 Å². The Hall–Kier alpha value is -2.86. The van der Waals surface area contributed by atoms with Gasteiger partial charge in [0.15, 0.2) is 0 Å². The maximum atomic E-state index is 12.7. The molecule has 0 aromatic heterocycles. The van der Waals surface area contributed by atoms with E-state index in [4.69, 9.17) is 4.74 Å². The van der Waals surface area contributed by atoms with Gasteiger partial charge in [-0.15, -0.1) is 0 Å². The maximum Gasteiger partial charge on any atom is 0.229 e. The molecule has 1 saturated heterocycles. The number of amides is 2. The van der Waals surface area contributed by atoms with E-state index in [0.717, 1.165) is 30.0 Å². The third-order valence-electron chi connectivity index (χ3n) is 4.73. The Morgan fingerprint density at radius 3 is 2.79 bits per heavy atom. The fraction of sp³-hybridized carbons (Fsp3) is 0.364. The number of ether oxygens (including phenoxy) is 1. The summed E-state index contributed by atoms with van der Waals surface area (Å²) in [5.74, 6) is 0.0775. The van der Waals surface area contributed by atoms with Gasteiger partial charge in [-0.3, -0.25) is 9.59 Å². The second kappa shape index (κ2) is 9.37. The average molecular weight is 381 g/mol. The summed E-state index contributed by atoms with van der Waals surface area (Å²) in [7, 11) is 0. The molecule has 2 amide bonds. The van der Waals surface area contributed by atoms with Crippen molar-refractivity contribution in [1.29, 1.82) is 0 Å². The Labute approximate surface area is 165 Å². The van der Waals surface area contributed by atoms with Crippen molar-refractivity contribution >= 4 is 23.2 Å². The van der Waals surface area contributed by atoms with Crippen LogP contribution in [0.15, 0.2) is 48.5 Å². The number of para-hydroxylation sites is 2. The molecule has 1 aliphatic rings. The van der Waals surface area contributed by atoms with Crippen LogP contribution in [0.5, 0.6) is 5.75 Å². The highest BCUT2D eigenvalue weighted by Gasteiger charge is 2.36. The van der Waals surface area contributed by atoms with Crippen LogP contribution in [0.2, 0.25) is 0 Å². The number of rotatable bonds is 8. The number of anilines is 2. The van der Waals surface area contributed by atoms with Crippen molar-refractivity contribution in [3.8, 4) is 5.75 Å². The second-order valence-electron chi connectivity index (χ2n) is 6.78. The fourth-order valence-corrected chi connectivity index (χ4v) is 3.35. The first kappa shape index (κ1) is 19.9. The van der Waals surface area contributed by atoms with E-state index in [1.165, 1.54) is 0 Å². The summed E-state index contributed by atoms with van der Waals surface area (Å²) < 4.78 is 5.63. The summed E-state index contributed by atoms with van der Waals surface area (Å²) in [6.07, 6.45) is 0.198. The van der Waals surface area contributed by atoms with E-state index in [0.29, 0.717) is 18.9 Å². The molecule has 1 aliphatic heterocycles. The molecule has 0 saturated carbocycles. The molecule has 2 N–H and O–H groups in total. The highest BCUT2D eigenvalue weighted by Crippen LogP contribution is 2.33. The Bertz CT molecular complexity index is 837. The van der Waals surface area contributed by atoms with E-state index in [-0.39, 0.29) is 24.2 Å². The number of carbonyl (C=O) groups excluding carboxylic acids is 2. The van der Waals surface area contributed by atoms with Crippen molar-refractivity contribution in [2.45, 2.75) is 26.8 Å². The van der Waals surface area contributed by atoms with Gasteiger partial charge < -0.3 is 20.3 Å². The number of benzene rings is 2. The maximum absolute atomic E-state index is 12.7. The fourth-order valence-electron chi connectivity index (χ4n) is 3.35. The van der Waals surface area contributed by atoms with Gasteiger partial charge in [0.25, 0.3) is 0 Å².